The normalized spacial score (nSPS) is 18.4. The van der Waals surface area contributed by atoms with Crippen LogP contribution in [0.15, 0.2) is 30.5 Å². The van der Waals surface area contributed by atoms with Crippen LogP contribution in [0.1, 0.15) is 38.1 Å². The molecule has 1 aliphatic rings. The Balaban J connectivity index is 2.02. The van der Waals surface area contributed by atoms with Crippen molar-refractivity contribution in [2.45, 2.75) is 38.1 Å². The molecule has 1 radical (unpaired) electrons. The molecule has 1 aliphatic carbocycles. The van der Waals surface area contributed by atoms with Gasteiger partial charge in [-0.2, -0.15) is 0 Å². The van der Waals surface area contributed by atoms with Gasteiger partial charge in [0.1, 0.15) is 0 Å². The molecule has 0 spiro atoms. The molecule has 1 heteroatoms. The van der Waals surface area contributed by atoms with Gasteiger partial charge in [0.15, 0.2) is 0 Å². The Morgan fingerprint density at radius 2 is 2.00 bits per heavy atom. The summed E-state index contributed by atoms with van der Waals surface area (Å²) < 4.78 is 2.46. The van der Waals surface area contributed by atoms with Gasteiger partial charge in [0, 0.05) is 23.1 Å². The minimum absolute atomic E-state index is 0.735. The summed E-state index contributed by atoms with van der Waals surface area (Å²) in [6, 6.07) is 12.4. The van der Waals surface area contributed by atoms with E-state index >= 15 is 0 Å². The Labute approximate surface area is 90.7 Å². The Kier molecular flexibility index (Phi) is 2.24. The number of rotatable bonds is 1. The van der Waals surface area contributed by atoms with Gasteiger partial charge in [0.05, 0.1) is 0 Å². The van der Waals surface area contributed by atoms with Crippen LogP contribution in [-0.2, 0) is 0 Å². The first-order chi connectivity index (χ1) is 7.45. The van der Waals surface area contributed by atoms with Crippen LogP contribution in [0.5, 0.6) is 0 Å². The quantitative estimate of drug-likeness (QED) is 0.654. The van der Waals surface area contributed by atoms with Crippen LogP contribution in [0.4, 0.5) is 0 Å². The monoisotopic (exact) mass is 198 g/mol. The smallest absolute Gasteiger partial charge is 0.0483 e. The first kappa shape index (κ1) is 9.02. The van der Waals surface area contributed by atoms with Crippen molar-refractivity contribution < 1.29 is 0 Å². The van der Waals surface area contributed by atoms with Crippen LogP contribution in [0, 0.1) is 6.07 Å². The van der Waals surface area contributed by atoms with Crippen molar-refractivity contribution in [2.24, 2.45) is 0 Å². The summed E-state index contributed by atoms with van der Waals surface area (Å²) in [5.41, 5.74) is 1.38. The third-order valence-electron chi connectivity index (χ3n) is 3.53. The second kappa shape index (κ2) is 3.73. The zero-order chi connectivity index (χ0) is 10.1. The van der Waals surface area contributed by atoms with Gasteiger partial charge < -0.3 is 4.57 Å². The summed E-state index contributed by atoms with van der Waals surface area (Å²) in [4.78, 5) is 0. The van der Waals surface area contributed by atoms with Crippen LogP contribution in [0.2, 0.25) is 0 Å². The zero-order valence-corrected chi connectivity index (χ0v) is 8.95. The molecule has 77 valence electrons. The molecule has 0 atom stereocenters. The van der Waals surface area contributed by atoms with Gasteiger partial charge in [-0.3, -0.25) is 0 Å². The molecule has 0 N–H and O–H groups in total. The molecular formula is C14H16N. The van der Waals surface area contributed by atoms with E-state index in [4.69, 9.17) is 0 Å². The predicted octanol–water partition coefficient (Wildman–Crippen LogP) is 3.95. The Hall–Kier alpha value is -1.24. The number of aromatic nitrogens is 1. The Morgan fingerprint density at radius 1 is 1.13 bits per heavy atom. The lowest BCUT2D eigenvalue weighted by Gasteiger charge is -2.24. The summed E-state index contributed by atoms with van der Waals surface area (Å²) in [6.07, 6.45) is 9.15. The highest BCUT2D eigenvalue weighted by Gasteiger charge is 2.15. The van der Waals surface area contributed by atoms with E-state index in [9.17, 15) is 0 Å². The van der Waals surface area contributed by atoms with Gasteiger partial charge in [0.25, 0.3) is 0 Å². The summed E-state index contributed by atoms with van der Waals surface area (Å²) in [6.45, 7) is 0. The number of fused-ring (bicyclic) bond motifs is 1. The fourth-order valence-corrected chi connectivity index (χ4v) is 2.72. The van der Waals surface area contributed by atoms with Crippen LogP contribution in [0.3, 0.4) is 0 Å². The molecule has 1 saturated carbocycles. The van der Waals surface area contributed by atoms with E-state index in [0.29, 0.717) is 0 Å². The van der Waals surface area contributed by atoms with E-state index in [-0.39, 0.29) is 0 Å². The molecule has 0 unspecified atom stereocenters. The van der Waals surface area contributed by atoms with E-state index < -0.39 is 0 Å². The van der Waals surface area contributed by atoms with Crippen molar-refractivity contribution in [3.63, 3.8) is 0 Å². The average Bonchev–Trinajstić information content (AvgIpc) is 2.74. The lowest BCUT2D eigenvalue weighted by atomic mass is 9.95. The SMILES string of the molecule is [c]1ccc2c(c1)ccn2C1CCCCC1. The second-order valence-electron chi connectivity index (χ2n) is 4.50. The maximum absolute atomic E-state index is 3.14. The van der Waals surface area contributed by atoms with E-state index in [1.165, 1.54) is 43.0 Å². The van der Waals surface area contributed by atoms with Gasteiger partial charge >= 0.3 is 0 Å². The molecule has 3 rings (SSSR count). The second-order valence-corrected chi connectivity index (χ2v) is 4.50. The van der Waals surface area contributed by atoms with Gasteiger partial charge in [-0.1, -0.05) is 25.3 Å². The molecule has 0 aliphatic heterocycles. The lowest BCUT2D eigenvalue weighted by Crippen LogP contribution is -2.11. The van der Waals surface area contributed by atoms with Gasteiger partial charge in [-0.05, 0) is 37.1 Å². The highest BCUT2D eigenvalue weighted by Crippen LogP contribution is 2.31. The van der Waals surface area contributed by atoms with Gasteiger partial charge in [-0.25, -0.2) is 0 Å². The predicted molar refractivity (Wildman–Crippen MR) is 62.9 cm³/mol. The van der Waals surface area contributed by atoms with Crippen LogP contribution < -0.4 is 0 Å². The van der Waals surface area contributed by atoms with E-state index in [1.54, 1.807) is 0 Å². The first-order valence-electron chi connectivity index (χ1n) is 5.92. The van der Waals surface area contributed by atoms with E-state index in [0.717, 1.165) is 6.04 Å². The molecule has 0 bridgehead atoms. The molecule has 1 heterocycles. The summed E-state index contributed by atoms with van der Waals surface area (Å²) in [5.74, 6) is 0. The molecule has 0 saturated heterocycles. The minimum atomic E-state index is 0.735. The molecule has 1 aromatic carbocycles. The molecule has 0 amide bonds. The van der Waals surface area contributed by atoms with E-state index in [1.807, 2.05) is 6.07 Å². The minimum Gasteiger partial charge on any atom is -0.344 e. The van der Waals surface area contributed by atoms with Crippen molar-refractivity contribution in [3.05, 3.63) is 36.5 Å². The van der Waals surface area contributed by atoms with Crippen molar-refractivity contribution in [1.82, 2.24) is 4.57 Å². The molecule has 1 fully saturated rings. The van der Waals surface area contributed by atoms with Crippen LogP contribution in [-0.4, -0.2) is 4.57 Å². The summed E-state index contributed by atoms with van der Waals surface area (Å²) in [7, 11) is 0. The van der Waals surface area contributed by atoms with Crippen LogP contribution in [0.25, 0.3) is 10.9 Å². The maximum Gasteiger partial charge on any atom is 0.0483 e. The third kappa shape index (κ3) is 1.56. The molecule has 1 nitrogen and oxygen atoms in total. The molecule has 1 aromatic heterocycles. The topological polar surface area (TPSA) is 4.93 Å². The molecule has 2 aromatic rings. The Bertz CT molecular complexity index is 449. The standard InChI is InChI=1S/C14H16N/c1-2-7-13(8-3-1)15-11-10-12-6-4-5-9-14(12)15/h5-6,9-11,13H,1-3,7-8H2. The van der Waals surface area contributed by atoms with Crippen molar-refractivity contribution in [2.75, 3.05) is 0 Å². The fraction of sp³-hybridized carbons (Fsp3) is 0.429. The zero-order valence-electron chi connectivity index (χ0n) is 8.95. The average molecular weight is 198 g/mol. The van der Waals surface area contributed by atoms with Crippen LogP contribution >= 0.6 is 0 Å². The first-order valence-corrected chi connectivity index (χ1v) is 5.92. The third-order valence-corrected chi connectivity index (χ3v) is 3.53. The highest BCUT2D eigenvalue weighted by molar-refractivity contribution is 5.79. The summed E-state index contributed by atoms with van der Waals surface area (Å²) >= 11 is 0. The highest BCUT2D eigenvalue weighted by atomic mass is 15.0. The number of hydrogen-bond acceptors (Lipinski definition) is 0. The molecular weight excluding hydrogens is 182 g/mol. The number of nitrogens with zero attached hydrogens (tertiary/aromatic N) is 1. The summed E-state index contributed by atoms with van der Waals surface area (Å²) in [5, 5.41) is 1.32. The van der Waals surface area contributed by atoms with E-state index in [2.05, 4.69) is 35.0 Å². The number of benzene rings is 1. The van der Waals surface area contributed by atoms with Crippen molar-refractivity contribution >= 4 is 10.9 Å². The van der Waals surface area contributed by atoms with Gasteiger partial charge in [0.2, 0.25) is 0 Å². The number of hydrogen-bond donors (Lipinski definition) is 0. The Morgan fingerprint density at radius 3 is 2.87 bits per heavy atom. The van der Waals surface area contributed by atoms with Gasteiger partial charge in [-0.15, -0.1) is 0 Å². The molecule has 15 heavy (non-hydrogen) atoms. The van der Waals surface area contributed by atoms with Crippen molar-refractivity contribution in [1.29, 1.82) is 0 Å². The lowest BCUT2D eigenvalue weighted by molar-refractivity contribution is 0.361. The maximum atomic E-state index is 3.14. The fourth-order valence-electron chi connectivity index (χ4n) is 2.72. The van der Waals surface area contributed by atoms with Crippen molar-refractivity contribution in [3.8, 4) is 0 Å². The largest absolute Gasteiger partial charge is 0.344 e.